The van der Waals surface area contributed by atoms with Gasteiger partial charge in [0.2, 0.25) is 0 Å². The first-order valence-corrected chi connectivity index (χ1v) is 16.7. The number of anilines is 3. The summed E-state index contributed by atoms with van der Waals surface area (Å²) in [5, 5.41) is 0.296. The summed E-state index contributed by atoms with van der Waals surface area (Å²) in [5.74, 6) is 0.891. The van der Waals surface area contributed by atoms with Crippen molar-refractivity contribution >= 4 is 49.8 Å². The zero-order chi connectivity index (χ0) is 49.8. The van der Waals surface area contributed by atoms with Gasteiger partial charge in [0.15, 0.2) is 17.5 Å². The molecule has 0 amide bonds. The number of hydrogen-bond donors (Lipinski definition) is 0. The maximum Gasteiger partial charge on any atom is 0.164 e. The van der Waals surface area contributed by atoms with Crippen LogP contribution in [-0.2, 0) is 0 Å². The Morgan fingerprint density at radius 3 is 1.69 bits per heavy atom. The van der Waals surface area contributed by atoms with E-state index in [9.17, 15) is 8.22 Å². The van der Waals surface area contributed by atoms with Crippen molar-refractivity contribution in [1.82, 2.24) is 15.0 Å². The minimum atomic E-state index is -0.936. The molecule has 2 heterocycles. The molecule has 0 unspecified atom stereocenters. The predicted octanol–water partition coefficient (Wildman–Crippen LogP) is 13.1. The highest BCUT2D eigenvalue weighted by Crippen LogP contribution is 2.41. The second-order valence-electron chi connectivity index (χ2n) is 12.0. The second kappa shape index (κ2) is 13.3. The molecular formula is C49H32N4O. The molecule has 0 aliphatic carbocycles. The van der Waals surface area contributed by atoms with Crippen LogP contribution in [-0.4, -0.2) is 15.0 Å². The van der Waals surface area contributed by atoms with Crippen molar-refractivity contribution in [3.05, 3.63) is 194 Å². The van der Waals surface area contributed by atoms with E-state index in [0.29, 0.717) is 55.2 Å². The molecule has 0 N–H and O–H groups in total. The van der Waals surface area contributed by atoms with Gasteiger partial charge >= 0.3 is 0 Å². The lowest BCUT2D eigenvalue weighted by atomic mass is 9.96. The third kappa shape index (κ3) is 5.74. The minimum Gasteiger partial charge on any atom is -0.456 e. The Morgan fingerprint density at radius 2 is 1.02 bits per heavy atom. The van der Waals surface area contributed by atoms with E-state index in [1.165, 1.54) is 0 Å². The third-order valence-electron chi connectivity index (χ3n) is 8.71. The summed E-state index contributed by atoms with van der Waals surface area (Å²) in [7, 11) is 0. The van der Waals surface area contributed by atoms with Gasteiger partial charge in [0.05, 0.1) is 21.9 Å². The molecule has 0 aliphatic rings. The quantitative estimate of drug-likeness (QED) is 0.165. The van der Waals surface area contributed by atoms with Crippen LogP contribution in [0.25, 0.3) is 78.0 Å². The summed E-state index contributed by atoms with van der Waals surface area (Å²) < 4.78 is 149. The van der Waals surface area contributed by atoms with Crippen molar-refractivity contribution in [3.8, 4) is 45.3 Å². The molecule has 5 heteroatoms. The molecule has 5 nitrogen and oxygen atoms in total. The standard InChI is InChI=1S/C49H32N4O/c1-5-15-33(16-6-1)47-50-48(34-17-7-2-8-18-34)52-49(51-47)43-31-38(32-45-46(43)42-23-13-14-24-44(42)54-45)36-25-26-37-30-41(28-27-35(37)29-36)53(39-19-9-3-10-20-39)40-21-11-4-12-22-40/h1-32H/i3D,4D,9D,10D,11D,12D,19D,20D,21D,22D,25D,26D,27D,28D,29D,30D. The summed E-state index contributed by atoms with van der Waals surface area (Å²) in [4.78, 5) is 15.3. The highest BCUT2D eigenvalue weighted by molar-refractivity contribution is 6.13. The molecule has 254 valence electrons. The van der Waals surface area contributed by atoms with Crippen molar-refractivity contribution < 1.29 is 26.3 Å². The number of fused-ring (bicyclic) bond motifs is 4. The largest absolute Gasteiger partial charge is 0.456 e. The lowest BCUT2D eigenvalue weighted by Gasteiger charge is -2.25. The van der Waals surface area contributed by atoms with E-state index in [0.717, 1.165) is 0 Å². The van der Waals surface area contributed by atoms with Crippen molar-refractivity contribution in [3.63, 3.8) is 0 Å². The van der Waals surface area contributed by atoms with Crippen LogP contribution < -0.4 is 4.90 Å². The topological polar surface area (TPSA) is 55.1 Å². The fourth-order valence-corrected chi connectivity index (χ4v) is 6.27. The normalized spacial score (nSPS) is 15.5. The van der Waals surface area contributed by atoms with Crippen LogP contribution in [0.2, 0.25) is 0 Å². The van der Waals surface area contributed by atoms with E-state index >= 15 is 0 Å². The Morgan fingerprint density at radius 1 is 0.444 bits per heavy atom. The van der Waals surface area contributed by atoms with Crippen molar-refractivity contribution in [2.45, 2.75) is 0 Å². The molecule has 0 aliphatic heterocycles. The minimum absolute atomic E-state index is 0.149. The Balaban J connectivity index is 1.28. The van der Waals surface area contributed by atoms with Gasteiger partial charge in [-0.25, -0.2) is 15.0 Å². The van der Waals surface area contributed by atoms with Crippen molar-refractivity contribution in [2.24, 2.45) is 0 Å². The van der Waals surface area contributed by atoms with E-state index in [1.807, 2.05) is 72.8 Å². The molecule has 0 saturated carbocycles. The van der Waals surface area contributed by atoms with Crippen LogP contribution >= 0.6 is 0 Å². The lowest BCUT2D eigenvalue weighted by Crippen LogP contribution is -2.09. The first-order chi connectivity index (χ1) is 33.4. The fraction of sp³-hybridized carbons (Fsp3) is 0. The van der Waals surface area contributed by atoms with Crippen molar-refractivity contribution in [1.29, 1.82) is 0 Å². The Hall–Kier alpha value is -7.37. The summed E-state index contributed by atoms with van der Waals surface area (Å²) >= 11 is 0. The number of aromatic nitrogens is 3. The average molecular weight is 709 g/mol. The second-order valence-corrected chi connectivity index (χ2v) is 12.0. The number of para-hydroxylation sites is 3. The number of furan rings is 1. The Labute approximate surface area is 335 Å². The van der Waals surface area contributed by atoms with E-state index in [1.54, 1.807) is 24.3 Å². The molecule has 0 spiro atoms. The predicted molar refractivity (Wildman–Crippen MR) is 221 cm³/mol. The molecule has 8 aromatic carbocycles. The van der Waals surface area contributed by atoms with Crippen LogP contribution in [0, 0.1) is 0 Å². The maximum atomic E-state index is 9.70. The van der Waals surface area contributed by atoms with Crippen LogP contribution in [0.15, 0.2) is 198 Å². The van der Waals surface area contributed by atoms with Gasteiger partial charge in [0.25, 0.3) is 0 Å². The molecule has 0 radical (unpaired) electrons. The number of rotatable bonds is 7. The van der Waals surface area contributed by atoms with Gasteiger partial charge in [0, 0.05) is 44.5 Å². The molecule has 0 atom stereocenters. The van der Waals surface area contributed by atoms with Gasteiger partial charge in [-0.05, 0) is 82.4 Å². The van der Waals surface area contributed by atoms with Crippen molar-refractivity contribution in [2.75, 3.05) is 4.90 Å². The van der Waals surface area contributed by atoms with Gasteiger partial charge in [-0.1, -0.05) is 133 Å². The highest BCUT2D eigenvalue weighted by Gasteiger charge is 2.20. The molecule has 0 bridgehead atoms. The summed E-state index contributed by atoms with van der Waals surface area (Å²) in [5.41, 5.74) is 0.0805. The van der Waals surface area contributed by atoms with Crippen LogP contribution in [0.1, 0.15) is 21.9 Å². The third-order valence-corrected chi connectivity index (χ3v) is 8.71. The average Bonchev–Trinajstić information content (AvgIpc) is 3.75. The highest BCUT2D eigenvalue weighted by atomic mass is 16.3. The van der Waals surface area contributed by atoms with Crippen LogP contribution in [0.5, 0.6) is 0 Å². The molecule has 0 saturated heterocycles. The van der Waals surface area contributed by atoms with E-state index in [2.05, 4.69) is 0 Å². The van der Waals surface area contributed by atoms with Gasteiger partial charge in [-0.15, -0.1) is 0 Å². The Kier molecular flexibility index (Phi) is 4.66. The number of hydrogen-bond acceptors (Lipinski definition) is 5. The number of nitrogens with zero attached hydrogens (tertiary/aromatic N) is 4. The molecule has 54 heavy (non-hydrogen) atoms. The fourth-order valence-electron chi connectivity index (χ4n) is 6.27. The smallest absolute Gasteiger partial charge is 0.164 e. The van der Waals surface area contributed by atoms with Gasteiger partial charge in [-0.2, -0.15) is 0 Å². The Bertz CT molecular complexity index is 3690. The van der Waals surface area contributed by atoms with Crippen LogP contribution in [0.3, 0.4) is 0 Å². The molecule has 10 rings (SSSR count). The molecule has 10 aromatic rings. The van der Waals surface area contributed by atoms with Crippen LogP contribution in [0.4, 0.5) is 17.1 Å². The molecule has 2 aromatic heterocycles. The lowest BCUT2D eigenvalue weighted by molar-refractivity contribution is 0.669. The number of benzene rings is 8. The SMILES string of the molecule is [2H]c1c([2H])c([2H])c(N(c2c([2H])c([2H])c([2H])c([2H])c2[2H])c2c([2H])c([2H])c3c([2H])c(-c4cc(-c5nc(-c6ccccc6)nc(-c6ccccc6)n5)c5c(c4)oc4ccccc45)c([2H])c([2H])c3c2[2H])c([2H])c1[2H]. The van der Waals surface area contributed by atoms with E-state index < -0.39 is 125 Å². The zero-order valence-corrected chi connectivity index (χ0v) is 27.9. The first-order valence-electron chi connectivity index (χ1n) is 24.7. The summed E-state index contributed by atoms with van der Waals surface area (Å²) in [6.45, 7) is 0. The van der Waals surface area contributed by atoms with Gasteiger partial charge in [0.1, 0.15) is 11.2 Å². The first kappa shape index (κ1) is 18.9. The van der Waals surface area contributed by atoms with Gasteiger partial charge < -0.3 is 9.32 Å². The van der Waals surface area contributed by atoms with E-state index in [4.69, 9.17) is 33.1 Å². The molecule has 0 fully saturated rings. The summed E-state index contributed by atoms with van der Waals surface area (Å²) in [6, 6.07) is 15.6. The van der Waals surface area contributed by atoms with E-state index in [-0.39, 0.29) is 17.0 Å². The zero-order valence-electron chi connectivity index (χ0n) is 43.9. The monoisotopic (exact) mass is 708 g/mol. The summed E-state index contributed by atoms with van der Waals surface area (Å²) in [6.07, 6.45) is 0. The maximum absolute atomic E-state index is 9.70. The van der Waals surface area contributed by atoms with Gasteiger partial charge in [-0.3, -0.25) is 0 Å². The molecular weight excluding hydrogens is 661 g/mol.